The van der Waals surface area contributed by atoms with E-state index < -0.39 is 11.9 Å². The number of esters is 1. The second kappa shape index (κ2) is 6.64. The van der Waals surface area contributed by atoms with Crippen LogP contribution in [0.3, 0.4) is 0 Å². The van der Waals surface area contributed by atoms with Crippen molar-refractivity contribution in [3.8, 4) is 0 Å². The molecule has 0 saturated heterocycles. The summed E-state index contributed by atoms with van der Waals surface area (Å²) in [5.41, 5.74) is 2.75. The van der Waals surface area contributed by atoms with Gasteiger partial charge in [-0.05, 0) is 47.2 Å². The van der Waals surface area contributed by atoms with Crippen molar-refractivity contribution >= 4 is 34.3 Å². The highest BCUT2D eigenvalue weighted by molar-refractivity contribution is 14.1. The van der Waals surface area contributed by atoms with E-state index in [1.165, 1.54) is 13.2 Å². The summed E-state index contributed by atoms with van der Waals surface area (Å²) in [5.74, 6) is -1.66. The number of dihydropyridines is 1. The van der Waals surface area contributed by atoms with Crippen molar-refractivity contribution in [1.29, 1.82) is 0 Å². The third-order valence-corrected chi connectivity index (χ3v) is 4.93. The first-order chi connectivity index (χ1) is 11.4. The van der Waals surface area contributed by atoms with Crippen LogP contribution in [0.1, 0.15) is 18.4 Å². The van der Waals surface area contributed by atoms with Gasteiger partial charge in [0.05, 0.1) is 19.3 Å². The zero-order valence-electron chi connectivity index (χ0n) is 13.1. The smallest absolute Gasteiger partial charge is 0.336 e. The van der Waals surface area contributed by atoms with Gasteiger partial charge in [-0.2, -0.15) is 0 Å². The van der Waals surface area contributed by atoms with E-state index in [0.717, 1.165) is 0 Å². The third kappa shape index (κ3) is 2.86. The van der Waals surface area contributed by atoms with E-state index in [1.807, 2.05) is 22.6 Å². The Kier molecular flexibility index (Phi) is 4.73. The molecule has 2 aliphatic heterocycles. The summed E-state index contributed by atoms with van der Waals surface area (Å²) >= 11 is 1.89. The van der Waals surface area contributed by atoms with Crippen LogP contribution in [0.4, 0.5) is 4.39 Å². The average molecular weight is 443 g/mol. The Balaban J connectivity index is 2.21. The van der Waals surface area contributed by atoms with Gasteiger partial charge in [0.2, 0.25) is 0 Å². The molecule has 0 aliphatic carbocycles. The summed E-state index contributed by atoms with van der Waals surface area (Å²) in [4.78, 5) is 24.8. The fraction of sp³-hybridized carbons (Fsp3) is 0.294. The third-order valence-electron chi connectivity index (χ3n) is 4.11. The molecule has 0 fully saturated rings. The van der Waals surface area contributed by atoms with Crippen molar-refractivity contribution < 1.29 is 23.5 Å². The molecule has 1 atom stereocenters. The maximum absolute atomic E-state index is 13.7. The molecular weight excluding hydrogens is 428 g/mol. The van der Waals surface area contributed by atoms with Crippen molar-refractivity contribution in [3.05, 3.63) is 55.7 Å². The fourth-order valence-corrected chi connectivity index (χ4v) is 3.61. The first kappa shape index (κ1) is 17.1. The van der Waals surface area contributed by atoms with Gasteiger partial charge in [-0.3, -0.25) is 4.79 Å². The molecule has 1 aromatic carbocycles. The lowest BCUT2D eigenvalue weighted by molar-refractivity contribution is -0.136. The lowest BCUT2D eigenvalue weighted by Gasteiger charge is -2.33. The Morgan fingerprint density at radius 1 is 1.42 bits per heavy atom. The minimum Gasteiger partial charge on any atom is -0.466 e. The van der Waals surface area contributed by atoms with Gasteiger partial charge in [0.15, 0.2) is 5.78 Å². The maximum atomic E-state index is 13.7. The molecule has 1 aromatic rings. The van der Waals surface area contributed by atoms with Crippen molar-refractivity contribution in [1.82, 2.24) is 5.32 Å². The maximum Gasteiger partial charge on any atom is 0.336 e. The predicted molar refractivity (Wildman–Crippen MR) is 92.6 cm³/mol. The lowest BCUT2D eigenvalue weighted by Crippen LogP contribution is -2.38. The van der Waals surface area contributed by atoms with Crippen LogP contribution in [0, 0.1) is 9.39 Å². The van der Waals surface area contributed by atoms with Crippen LogP contribution in [-0.4, -0.2) is 32.1 Å². The second-order valence-electron chi connectivity index (χ2n) is 5.57. The molecule has 0 saturated carbocycles. The first-order valence-corrected chi connectivity index (χ1v) is 8.37. The minimum atomic E-state index is -0.598. The zero-order chi connectivity index (χ0) is 17.4. The molecule has 3 rings (SSSR count). The molecule has 7 heteroatoms. The normalized spacial score (nSPS) is 20.7. The van der Waals surface area contributed by atoms with E-state index in [4.69, 9.17) is 9.47 Å². The molecule has 2 aliphatic rings. The number of benzene rings is 1. The van der Waals surface area contributed by atoms with Crippen LogP contribution >= 0.6 is 22.6 Å². The van der Waals surface area contributed by atoms with E-state index in [0.29, 0.717) is 31.7 Å². The number of carbonyl (C=O) groups is 2. The fourth-order valence-electron chi connectivity index (χ4n) is 3.07. The highest BCUT2D eigenvalue weighted by Gasteiger charge is 2.39. The van der Waals surface area contributed by atoms with E-state index in [9.17, 15) is 14.0 Å². The largest absolute Gasteiger partial charge is 0.466 e. The summed E-state index contributed by atoms with van der Waals surface area (Å²) in [6.07, 6.45) is 0. The number of nitrogens with one attached hydrogen (secondary N) is 1. The molecule has 0 bridgehead atoms. The minimum absolute atomic E-state index is 0.0389. The molecule has 0 radical (unpaired) electrons. The van der Waals surface area contributed by atoms with Crippen LogP contribution < -0.4 is 5.32 Å². The Morgan fingerprint density at radius 2 is 2.17 bits per heavy atom. The number of carbonyl (C=O) groups excluding carboxylic acids is 2. The number of allylic oxidation sites excluding steroid dienone is 1. The molecule has 1 unspecified atom stereocenters. The number of hydrogen-bond acceptors (Lipinski definition) is 5. The highest BCUT2D eigenvalue weighted by Crippen LogP contribution is 2.40. The van der Waals surface area contributed by atoms with Crippen LogP contribution in [0.15, 0.2) is 40.7 Å². The standard InChI is InChI=1S/C17H15FINO4/c1-8-14(17(22)23-2)15(9-3-4-10(18)11(19)5-9)16-12(20-8)6-24-7-13(16)21/h3-5,15,20H,6-7H2,1-2H3. The van der Waals surface area contributed by atoms with Gasteiger partial charge in [-0.25, -0.2) is 9.18 Å². The van der Waals surface area contributed by atoms with Gasteiger partial charge in [-0.15, -0.1) is 0 Å². The Morgan fingerprint density at radius 3 is 2.83 bits per heavy atom. The van der Waals surface area contributed by atoms with Crippen LogP contribution in [0.25, 0.3) is 0 Å². The monoisotopic (exact) mass is 443 g/mol. The van der Waals surface area contributed by atoms with E-state index >= 15 is 0 Å². The van der Waals surface area contributed by atoms with E-state index in [2.05, 4.69) is 5.32 Å². The SMILES string of the molecule is COC(=O)C1=C(C)NC2=C(C(=O)COC2)C1c1ccc(F)c(I)c1. The topological polar surface area (TPSA) is 64.6 Å². The quantitative estimate of drug-likeness (QED) is 0.562. The molecule has 0 spiro atoms. The van der Waals surface area contributed by atoms with E-state index in [1.54, 1.807) is 19.1 Å². The number of hydrogen-bond donors (Lipinski definition) is 1. The Bertz CT molecular complexity index is 800. The van der Waals surface area contributed by atoms with Gasteiger partial charge in [-0.1, -0.05) is 6.07 Å². The van der Waals surface area contributed by atoms with Crippen LogP contribution in [0.5, 0.6) is 0 Å². The molecule has 0 aromatic heterocycles. The van der Waals surface area contributed by atoms with Crippen molar-refractivity contribution in [3.63, 3.8) is 0 Å². The lowest BCUT2D eigenvalue weighted by atomic mass is 9.78. The number of Topliss-reactive ketones (excluding diaryl/α,β-unsaturated/α-hetero) is 1. The van der Waals surface area contributed by atoms with Gasteiger partial charge in [0.25, 0.3) is 0 Å². The van der Waals surface area contributed by atoms with Crippen molar-refractivity contribution in [2.24, 2.45) is 0 Å². The average Bonchev–Trinajstić information content (AvgIpc) is 2.55. The Hall–Kier alpha value is -1.74. The number of methoxy groups -OCH3 is 1. The van der Waals surface area contributed by atoms with Gasteiger partial charge < -0.3 is 14.8 Å². The molecular formula is C17H15FINO4. The molecule has 126 valence electrons. The molecule has 0 amide bonds. The van der Waals surface area contributed by atoms with Crippen molar-refractivity contribution in [2.45, 2.75) is 12.8 Å². The highest BCUT2D eigenvalue weighted by atomic mass is 127. The van der Waals surface area contributed by atoms with Crippen LogP contribution in [-0.2, 0) is 19.1 Å². The first-order valence-electron chi connectivity index (χ1n) is 7.29. The van der Waals surface area contributed by atoms with Crippen LogP contribution in [0.2, 0.25) is 0 Å². The molecule has 5 nitrogen and oxygen atoms in total. The van der Waals surface area contributed by atoms with Crippen molar-refractivity contribution in [2.75, 3.05) is 20.3 Å². The van der Waals surface area contributed by atoms with Gasteiger partial charge in [0.1, 0.15) is 12.4 Å². The van der Waals surface area contributed by atoms with E-state index in [-0.39, 0.29) is 24.8 Å². The summed E-state index contributed by atoms with van der Waals surface area (Å²) in [7, 11) is 1.30. The van der Waals surface area contributed by atoms with Gasteiger partial charge in [0, 0.05) is 26.5 Å². The predicted octanol–water partition coefficient (Wildman–Crippen LogP) is 2.42. The summed E-state index contributed by atoms with van der Waals surface area (Å²) < 4.78 is 24.3. The molecule has 1 N–H and O–H groups in total. The molecule has 2 heterocycles. The van der Waals surface area contributed by atoms with Gasteiger partial charge >= 0.3 is 5.97 Å². The number of halogens is 2. The number of rotatable bonds is 2. The summed E-state index contributed by atoms with van der Waals surface area (Å²) in [6.45, 7) is 1.97. The second-order valence-corrected chi connectivity index (χ2v) is 6.73. The summed E-state index contributed by atoms with van der Waals surface area (Å²) in [6, 6.07) is 4.58. The zero-order valence-corrected chi connectivity index (χ0v) is 15.3. The number of ketones is 1. The summed E-state index contributed by atoms with van der Waals surface area (Å²) in [5, 5.41) is 3.08. The molecule has 24 heavy (non-hydrogen) atoms. The number of ether oxygens (including phenoxy) is 2. The Labute approximate surface area is 152 Å².